The summed E-state index contributed by atoms with van der Waals surface area (Å²) in [4.78, 5) is 16.4. The van der Waals surface area contributed by atoms with E-state index in [2.05, 4.69) is 25.8 Å². The number of halogens is 3. The summed E-state index contributed by atoms with van der Waals surface area (Å²) in [7, 11) is 3.85. The first-order chi connectivity index (χ1) is 11.0. The molecule has 0 unspecified atom stereocenters. The maximum Gasteiger partial charge on any atom is 0.416 e. The van der Waals surface area contributed by atoms with E-state index in [1.165, 1.54) is 12.1 Å². The van der Waals surface area contributed by atoms with Crippen LogP contribution in [0.5, 0.6) is 0 Å². The Morgan fingerprint density at radius 3 is 2.33 bits per heavy atom. The largest absolute Gasteiger partial charge is 0.416 e. The van der Waals surface area contributed by atoms with Gasteiger partial charge in [-0.05, 0) is 57.5 Å². The van der Waals surface area contributed by atoms with Crippen LogP contribution >= 0.6 is 0 Å². The molecule has 1 atom stereocenters. The molecule has 0 spiro atoms. The molecule has 1 aliphatic heterocycles. The first-order valence-electron chi connectivity index (χ1n) is 8.13. The van der Waals surface area contributed by atoms with Crippen molar-refractivity contribution in [1.82, 2.24) is 9.80 Å². The van der Waals surface area contributed by atoms with Gasteiger partial charge >= 0.3 is 6.18 Å². The molecule has 3 nitrogen and oxygen atoms in total. The summed E-state index contributed by atoms with van der Waals surface area (Å²) in [6.45, 7) is 6.03. The number of likely N-dealkylation sites (tertiary alicyclic amines) is 1. The second-order valence-electron chi connectivity index (χ2n) is 7.21. The molecular formula is C18H25F3N2O. The fourth-order valence-corrected chi connectivity index (χ4v) is 3.17. The first kappa shape index (κ1) is 18.8. The quantitative estimate of drug-likeness (QED) is 0.837. The third-order valence-electron chi connectivity index (χ3n) is 5.35. The lowest BCUT2D eigenvalue weighted by Gasteiger charge is -2.35. The Bertz CT molecular complexity index is 581. The third kappa shape index (κ3) is 4.09. The zero-order valence-electron chi connectivity index (χ0n) is 14.7. The van der Waals surface area contributed by atoms with E-state index in [1.54, 1.807) is 11.9 Å². The lowest BCUT2D eigenvalue weighted by molar-refractivity contribution is -0.137. The van der Waals surface area contributed by atoms with Crippen LogP contribution < -0.4 is 0 Å². The van der Waals surface area contributed by atoms with Gasteiger partial charge in [0, 0.05) is 19.1 Å². The molecule has 134 valence electrons. The van der Waals surface area contributed by atoms with Gasteiger partial charge in [-0.15, -0.1) is 0 Å². The Balaban J connectivity index is 1.95. The van der Waals surface area contributed by atoms with Crippen LogP contribution in [-0.4, -0.2) is 48.4 Å². The SMILES string of the molecule is CN(C[C@@H]1CCN(C)C1(C)C)C(=O)Cc1ccc(C(F)(F)F)cc1. The highest BCUT2D eigenvalue weighted by atomic mass is 19.4. The number of hydrogen-bond acceptors (Lipinski definition) is 2. The van der Waals surface area contributed by atoms with Gasteiger partial charge in [0.15, 0.2) is 0 Å². The van der Waals surface area contributed by atoms with Crippen molar-refractivity contribution in [2.24, 2.45) is 5.92 Å². The predicted octanol–water partition coefficient (Wildman–Crippen LogP) is 3.44. The molecule has 1 heterocycles. The van der Waals surface area contributed by atoms with E-state index in [1.807, 2.05) is 0 Å². The molecule has 0 aromatic heterocycles. The minimum Gasteiger partial charge on any atom is -0.345 e. The van der Waals surface area contributed by atoms with E-state index < -0.39 is 11.7 Å². The smallest absolute Gasteiger partial charge is 0.345 e. The number of carbonyl (C=O) groups is 1. The Morgan fingerprint density at radius 2 is 1.88 bits per heavy atom. The van der Waals surface area contributed by atoms with Crippen molar-refractivity contribution in [1.29, 1.82) is 0 Å². The van der Waals surface area contributed by atoms with Gasteiger partial charge in [-0.2, -0.15) is 13.2 Å². The van der Waals surface area contributed by atoms with Gasteiger partial charge in [0.25, 0.3) is 0 Å². The topological polar surface area (TPSA) is 23.6 Å². The van der Waals surface area contributed by atoms with Gasteiger partial charge in [0.2, 0.25) is 5.91 Å². The Labute approximate surface area is 141 Å². The zero-order chi connectivity index (χ0) is 18.1. The number of benzene rings is 1. The van der Waals surface area contributed by atoms with Crippen molar-refractivity contribution in [2.45, 2.75) is 38.4 Å². The van der Waals surface area contributed by atoms with E-state index in [9.17, 15) is 18.0 Å². The van der Waals surface area contributed by atoms with Crippen LogP contribution in [0, 0.1) is 5.92 Å². The Kier molecular flexibility index (Phi) is 5.28. The summed E-state index contributed by atoms with van der Waals surface area (Å²) in [5.74, 6) is 0.323. The molecule has 0 N–H and O–H groups in total. The minimum absolute atomic E-state index is 0.0445. The lowest BCUT2D eigenvalue weighted by Crippen LogP contribution is -2.45. The average Bonchev–Trinajstić information content (AvgIpc) is 2.73. The van der Waals surface area contributed by atoms with Gasteiger partial charge in [-0.1, -0.05) is 12.1 Å². The van der Waals surface area contributed by atoms with Crippen molar-refractivity contribution < 1.29 is 18.0 Å². The van der Waals surface area contributed by atoms with Crippen LogP contribution in [-0.2, 0) is 17.4 Å². The number of nitrogens with zero attached hydrogens (tertiary/aromatic N) is 2. The molecule has 0 bridgehead atoms. The molecule has 1 aliphatic rings. The maximum absolute atomic E-state index is 12.6. The lowest BCUT2D eigenvalue weighted by atomic mass is 9.88. The van der Waals surface area contributed by atoms with Gasteiger partial charge in [0.1, 0.15) is 0 Å². The number of likely N-dealkylation sites (N-methyl/N-ethyl adjacent to an activating group) is 1. The van der Waals surface area contributed by atoms with E-state index in [0.717, 1.165) is 25.1 Å². The Hall–Kier alpha value is -1.56. The number of amides is 1. The number of rotatable bonds is 4. The highest BCUT2D eigenvalue weighted by Gasteiger charge is 2.39. The third-order valence-corrected chi connectivity index (χ3v) is 5.35. The van der Waals surface area contributed by atoms with Crippen LogP contribution in [0.25, 0.3) is 0 Å². The summed E-state index contributed by atoms with van der Waals surface area (Å²) < 4.78 is 37.7. The Morgan fingerprint density at radius 1 is 1.29 bits per heavy atom. The molecule has 0 aliphatic carbocycles. The molecular weight excluding hydrogens is 317 g/mol. The molecule has 1 aromatic carbocycles. The van der Waals surface area contributed by atoms with Crippen LogP contribution in [0.1, 0.15) is 31.4 Å². The summed E-state index contributed by atoms with van der Waals surface area (Å²) in [5.41, 5.74) is -0.0476. The average molecular weight is 342 g/mol. The molecule has 1 fully saturated rings. The van der Waals surface area contributed by atoms with E-state index >= 15 is 0 Å². The summed E-state index contributed by atoms with van der Waals surface area (Å²) in [6.07, 6.45) is -3.18. The molecule has 1 aromatic rings. The van der Waals surface area contributed by atoms with Crippen molar-refractivity contribution in [2.75, 3.05) is 27.2 Å². The highest BCUT2D eigenvalue weighted by molar-refractivity contribution is 5.78. The standard InChI is InChI=1S/C18H25F3N2O/c1-17(2)15(9-10-23(17)4)12-22(3)16(24)11-13-5-7-14(8-6-13)18(19,20)21/h5-8,15H,9-12H2,1-4H3/t15-/m0/s1. The van der Waals surface area contributed by atoms with Gasteiger partial charge < -0.3 is 9.80 Å². The monoisotopic (exact) mass is 342 g/mol. The fraction of sp³-hybridized carbons (Fsp3) is 0.611. The molecule has 1 amide bonds. The maximum atomic E-state index is 12.6. The highest BCUT2D eigenvalue weighted by Crippen LogP contribution is 2.33. The van der Waals surface area contributed by atoms with Gasteiger partial charge in [-0.3, -0.25) is 4.79 Å². The second-order valence-corrected chi connectivity index (χ2v) is 7.21. The molecule has 0 saturated carbocycles. The number of hydrogen-bond donors (Lipinski definition) is 0. The number of alkyl halides is 3. The van der Waals surface area contributed by atoms with E-state index in [4.69, 9.17) is 0 Å². The van der Waals surface area contributed by atoms with Crippen molar-refractivity contribution in [3.63, 3.8) is 0 Å². The molecule has 6 heteroatoms. The summed E-state index contributed by atoms with van der Waals surface area (Å²) in [5, 5.41) is 0. The van der Waals surface area contributed by atoms with Crippen molar-refractivity contribution in [3.8, 4) is 0 Å². The normalized spacial score (nSPS) is 21.0. The molecule has 24 heavy (non-hydrogen) atoms. The van der Waals surface area contributed by atoms with Crippen LogP contribution in [0.4, 0.5) is 13.2 Å². The summed E-state index contributed by atoms with van der Waals surface area (Å²) >= 11 is 0. The van der Waals surface area contributed by atoms with Gasteiger partial charge in [0.05, 0.1) is 12.0 Å². The second kappa shape index (κ2) is 6.75. The van der Waals surface area contributed by atoms with Gasteiger partial charge in [-0.25, -0.2) is 0 Å². The first-order valence-corrected chi connectivity index (χ1v) is 8.13. The van der Waals surface area contributed by atoms with Crippen LogP contribution in [0.2, 0.25) is 0 Å². The predicted molar refractivity (Wildman–Crippen MR) is 87.6 cm³/mol. The molecule has 2 rings (SSSR count). The molecule has 1 saturated heterocycles. The van der Waals surface area contributed by atoms with E-state index in [0.29, 0.717) is 18.0 Å². The summed E-state index contributed by atoms with van der Waals surface area (Å²) in [6, 6.07) is 4.80. The number of carbonyl (C=O) groups excluding carboxylic acids is 1. The van der Waals surface area contributed by atoms with Crippen molar-refractivity contribution in [3.05, 3.63) is 35.4 Å². The van der Waals surface area contributed by atoms with Crippen molar-refractivity contribution >= 4 is 5.91 Å². The fourth-order valence-electron chi connectivity index (χ4n) is 3.17. The van der Waals surface area contributed by atoms with Crippen LogP contribution in [0.15, 0.2) is 24.3 Å². The molecule has 0 radical (unpaired) electrons. The van der Waals surface area contributed by atoms with E-state index in [-0.39, 0.29) is 17.9 Å². The zero-order valence-corrected chi connectivity index (χ0v) is 14.7. The van der Waals surface area contributed by atoms with Crippen LogP contribution in [0.3, 0.4) is 0 Å². The minimum atomic E-state index is -4.35.